The Morgan fingerprint density at radius 3 is 2.75 bits per heavy atom. The molecule has 2 aromatic carbocycles. The molecule has 1 amide bonds. The number of hydrogen-bond donors (Lipinski definition) is 1. The summed E-state index contributed by atoms with van der Waals surface area (Å²) in [5.74, 6) is 0.842. The van der Waals surface area contributed by atoms with E-state index in [1.54, 1.807) is 43.1 Å². The van der Waals surface area contributed by atoms with Crippen LogP contribution in [0.5, 0.6) is 5.75 Å². The second-order valence-electron chi connectivity index (χ2n) is 6.90. The molecule has 1 N–H and O–H groups in total. The van der Waals surface area contributed by atoms with Gasteiger partial charge in [-0.15, -0.1) is 5.10 Å². The molecule has 0 unspecified atom stereocenters. The lowest BCUT2D eigenvalue weighted by atomic mass is 10.1. The van der Waals surface area contributed by atoms with Gasteiger partial charge in [-0.3, -0.25) is 4.79 Å². The van der Waals surface area contributed by atoms with Gasteiger partial charge < -0.3 is 10.1 Å². The summed E-state index contributed by atoms with van der Waals surface area (Å²) in [5, 5.41) is 19.4. The highest BCUT2D eigenvalue weighted by atomic mass is 35.5. The number of carbonyl (C=O) groups is 1. The molecular formula is C22H20ClN7O2. The van der Waals surface area contributed by atoms with Gasteiger partial charge in [0.25, 0.3) is 5.91 Å². The van der Waals surface area contributed by atoms with Gasteiger partial charge in [-0.1, -0.05) is 23.7 Å². The molecule has 0 atom stereocenters. The Labute approximate surface area is 189 Å². The fraction of sp³-hybridized carbons (Fsp3) is 0.136. The standard InChI is InChI=1S/C22H20ClN7O2/c1-15-26-27-28-30(15)21(11-16-4-3-5-20(10-16)32-2)22(31)24-12-17-13-25-29(14-17)19-8-6-18(23)7-9-19/h3-11,13-14H,12H2,1-2H3,(H,24,31)/b21-11-. The number of hydrogen-bond acceptors (Lipinski definition) is 6. The first-order chi connectivity index (χ1) is 15.5. The van der Waals surface area contributed by atoms with Crippen LogP contribution in [0.25, 0.3) is 17.5 Å². The van der Waals surface area contributed by atoms with Crippen molar-refractivity contribution in [3.8, 4) is 11.4 Å². The van der Waals surface area contributed by atoms with Gasteiger partial charge in [-0.2, -0.15) is 9.78 Å². The van der Waals surface area contributed by atoms with Crippen LogP contribution in [0.4, 0.5) is 0 Å². The smallest absolute Gasteiger partial charge is 0.270 e. The van der Waals surface area contributed by atoms with Crippen molar-refractivity contribution in [2.24, 2.45) is 0 Å². The summed E-state index contributed by atoms with van der Waals surface area (Å²) in [5.41, 5.74) is 2.77. The molecular weight excluding hydrogens is 430 g/mol. The van der Waals surface area contributed by atoms with Crippen molar-refractivity contribution in [2.75, 3.05) is 7.11 Å². The van der Waals surface area contributed by atoms with Crippen molar-refractivity contribution < 1.29 is 9.53 Å². The first kappa shape index (κ1) is 21.3. The number of amides is 1. The van der Waals surface area contributed by atoms with E-state index in [2.05, 4.69) is 25.9 Å². The third kappa shape index (κ3) is 4.84. The van der Waals surface area contributed by atoms with E-state index in [-0.39, 0.29) is 18.1 Å². The zero-order chi connectivity index (χ0) is 22.5. The largest absolute Gasteiger partial charge is 0.497 e. The number of methoxy groups -OCH3 is 1. The number of halogens is 1. The minimum absolute atomic E-state index is 0.281. The number of tetrazole rings is 1. The van der Waals surface area contributed by atoms with Crippen LogP contribution in [0, 0.1) is 6.92 Å². The molecule has 4 rings (SSSR count). The van der Waals surface area contributed by atoms with E-state index in [1.165, 1.54) is 4.68 Å². The Balaban J connectivity index is 1.54. The van der Waals surface area contributed by atoms with E-state index in [0.29, 0.717) is 16.6 Å². The molecule has 0 saturated carbocycles. The van der Waals surface area contributed by atoms with Gasteiger partial charge in [0.1, 0.15) is 11.4 Å². The minimum Gasteiger partial charge on any atom is -0.497 e. The highest BCUT2D eigenvalue weighted by molar-refractivity contribution is 6.30. The Morgan fingerprint density at radius 2 is 2.03 bits per heavy atom. The van der Waals surface area contributed by atoms with Crippen LogP contribution in [0.1, 0.15) is 17.0 Å². The van der Waals surface area contributed by atoms with Crippen molar-refractivity contribution in [1.29, 1.82) is 0 Å². The van der Waals surface area contributed by atoms with Crippen molar-refractivity contribution >= 4 is 29.3 Å². The number of nitrogens with zero attached hydrogens (tertiary/aromatic N) is 6. The minimum atomic E-state index is -0.331. The molecule has 4 aromatic rings. The molecule has 32 heavy (non-hydrogen) atoms. The highest BCUT2D eigenvalue weighted by Crippen LogP contribution is 2.18. The lowest BCUT2D eigenvalue weighted by Gasteiger charge is -2.09. The quantitative estimate of drug-likeness (QED) is 0.435. The normalized spacial score (nSPS) is 11.4. The number of aromatic nitrogens is 6. The molecule has 0 radical (unpaired) electrons. The van der Waals surface area contributed by atoms with Gasteiger partial charge in [-0.05, 0) is 65.4 Å². The van der Waals surface area contributed by atoms with Crippen molar-refractivity contribution in [2.45, 2.75) is 13.5 Å². The summed E-state index contributed by atoms with van der Waals surface area (Å²) < 4.78 is 8.38. The number of nitrogens with one attached hydrogen (secondary N) is 1. The van der Waals surface area contributed by atoms with E-state index in [0.717, 1.165) is 16.8 Å². The number of rotatable bonds is 7. The molecule has 10 heteroatoms. The van der Waals surface area contributed by atoms with Crippen LogP contribution >= 0.6 is 11.6 Å². The van der Waals surface area contributed by atoms with E-state index >= 15 is 0 Å². The lowest BCUT2D eigenvalue weighted by molar-refractivity contribution is -0.116. The maximum absolute atomic E-state index is 13.1. The van der Waals surface area contributed by atoms with Gasteiger partial charge in [0.15, 0.2) is 5.82 Å². The Morgan fingerprint density at radius 1 is 1.22 bits per heavy atom. The maximum atomic E-state index is 13.1. The van der Waals surface area contributed by atoms with Crippen molar-refractivity contribution in [3.05, 3.63) is 82.9 Å². The Bertz CT molecular complexity index is 1260. The molecule has 0 aliphatic heterocycles. The highest BCUT2D eigenvalue weighted by Gasteiger charge is 2.16. The summed E-state index contributed by atoms with van der Waals surface area (Å²) in [6.45, 7) is 2.01. The lowest BCUT2D eigenvalue weighted by Crippen LogP contribution is -2.27. The molecule has 2 aromatic heterocycles. The summed E-state index contributed by atoms with van der Waals surface area (Å²) in [6, 6.07) is 14.7. The van der Waals surface area contributed by atoms with Crippen LogP contribution in [-0.2, 0) is 11.3 Å². The van der Waals surface area contributed by atoms with Crippen LogP contribution in [-0.4, -0.2) is 43.0 Å². The number of aryl methyl sites for hydroxylation is 1. The zero-order valence-corrected chi connectivity index (χ0v) is 18.2. The van der Waals surface area contributed by atoms with Crippen molar-refractivity contribution in [3.63, 3.8) is 0 Å². The van der Waals surface area contributed by atoms with Crippen LogP contribution in [0.3, 0.4) is 0 Å². The van der Waals surface area contributed by atoms with Crippen LogP contribution < -0.4 is 10.1 Å². The Kier molecular flexibility index (Phi) is 6.27. The topological polar surface area (TPSA) is 99.8 Å². The molecule has 2 heterocycles. The first-order valence-corrected chi connectivity index (χ1v) is 10.1. The van der Waals surface area contributed by atoms with Gasteiger partial charge in [-0.25, -0.2) is 4.68 Å². The third-order valence-corrected chi connectivity index (χ3v) is 4.92. The first-order valence-electron chi connectivity index (χ1n) is 9.72. The SMILES string of the molecule is COc1cccc(/C=C(/C(=O)NCc2cnn(-c3ccc(Cl)cc3)c2)n2nnnc2C)c1. The predicted molar refractivity (Wildman–Crippen MR) is 120 cm³/mol. The van der Waals surface area contributed by atoms with Gasteiger partial charge in [0.2, 0.25) is 0 Å². The van der Waals surface area contributed by atoms with E-state index < -0.39 is 0 Å². The second-order valence-corrected chi connectivity index (χ2v) is 7.33. The van der Waals surface area contributed by atoms with Gasteiger partial charge in [0, 0.05) is 23.3 Å². The van der Waals surface area contributed by atoms with E-state index in [4.69, 9.17) is 16.3 Å². The number of carbonyl (C=O) groups excluding carboxylic acids is 1. The summed E-state index contributed by atoms with van der Waals surface area (Å²) in [4.78, 5) is 13.1. The molecule has 162 valence electrons. The predicted octanol–water partition coefficient (Wildman–Crippen LogP) is 3.14. The zero-order valence-electron chi connectivity index (χ0n) is 17.4. The summed E-state index contributed by atoms with van der Waals surface area (Å²) >= 11 is 5.94. The molecule has 0 saturated heterocycles. The average molecular weight is 450 g/mol. The third-order valence-electron chi connectivity index (χ3n) is 4.66. The maximum Gasteiger partial charge on any atom is 0.270 e. The molecule has 0 aliphatic carbocycles. The average Bonchev–Trinajstić information content (AvgIpc) is 3.45. The summed E-state index contributed by atoms with van der Waals surface area (Å²) in [6.07, 6.45) is 5.25. The molecule has 0 bridgehead atoms. The second kappa shape index (κ2) is 9.44. The molecule has 0 spiro atoms. The molecule has 0 fully saturated rings. The van der Waals surface area contributed by atoms with E-state index in [9.17, 15) is 4.79 Å². The number of benzene rings is 2. The van der Waals surface area contributed by atoms with Gasteiger partial charge in [0.05, 0.1) is 19.0 Å². The van der Waals surface area contributed by atoms with Crippen LogP contribution in [0.2, 0.25) is 5.02 Å². The van der Waals surface area contributed by atoms with E-state index in [1.807, 2.05) is 42.6 Å². The fourth-order valence-corrected chi connectivity index (χ4v) is 3.15. The summed E-state index contributed by atoms with van der Waals surface area (Å²) in [7, 11) is 1.59. The molecule has 9 nitrogen and oxygen atoms in total. The monoisotopic (exact) mass is 449 g/mol. The fourth-order valence-electron chi connectivity index (χ4n) is 3.03. The van der Waals surface area contributed by atoms with Crippen molar-refractivity contribution in [1.82, 2.24) is 35.3 Å². The Hall–Kier alpha value is -3.98. The molecule has 0 aliphatic rings. The van der Waals surface area contributed by atoms with Crippen LogP contribution in [0.15, 0.2) is 60.9 Å². The number of ether oxygens (including phenoxy) is 1. The van der Waals surface area contributed by atoms with Gasteiger partial charge >= 0.3 is 0 Å².